The number of nitro groups is 1. The molecule has 0 spiro atoms. The summed E-state index contributed by atoms with van der Waals surface area (Å²) in [5.74, 6) is -1.33. The van der Waals surface area contributed by atoms with Gasteiger partial charge in [0.1, 0.15) is 4.90 Å². The van der Waals surface area contributed by atoms with E-state index in [1.165, 1.54) is 0 Å². The summed E-state index contributed by atoms with van der Waals surface area (Å²) in [6, 6.07) is 10.2. The third-order valence-electron chi connectivity index (χ3n) is 4.50. The van der Waals surface area contributed by atoms with Crippen molar-refractivity contribution in [1.29, 1.82) is 0 Å². The summed E-state index contributed by atoms with van der Waals surface area (Å²) >= 11 is 0. The molecule has 0 aliphatic carbocycles. The number of anilines is 1. The van der Waals surface area contributed by atoms with Gasteiger partial charge in [-0.25, -0.2) is 13.2 Å². The Balaban J connectivity index is 2.10. The number of carbonyl (C=O) groups is 2. The molecule has 0 saturated carbocycles. The average Bonchev–Trinajstić information content (AvgIpc) is 2.70. The Morgan fingerprint density at radius 1 is 1.20 bits per heavy atom. The maximum atomic E-state index is 12.2. The highest BCUT2D eigenvalue weighted by Gasteiger charge is 2.24. The first-order valence-corrected chi connectivity index (χ1v) is 11.0. The molecule has 2 aromatic rings. The number of amides is 1. The molecule has 0 saturated heterocycles. The van der Waals surface area contributed by atoms with Gasteiger partial charge in [-0.15, -0.1) is 0 Å². The lowest BCUT2D eigenvalue weighted by Crippen LogP contribution is -2.22. The Morgan fingerprint density at radius 2 is 1.87 bits per heavy atom. The molecule has 1 N–H and O–H groups in total. The fourth-order valence-electron chi connectivity index (χ4n) is 2.76. The van der Waals surface area contributed by atoms with Crippen molar-refractivity contribution in [1.82, 2.24) is 0 Å². The van der Waals surface area contributed by atoms with Crippen LogP contribution in [0, 0.1) is 10.1 Å². The lowest BCUT2D eigenvalue weighted by Gasteiger charge is -2.15. The highest BCUT2D eigenvalue weighted by Crippen LogP contribution is 2.27. The van der Waals surface area contributed by atoms with Crippen LogP contribution in [0.4, 0.5) is 11.4 Å². The zero-order valence-corrected chi connectivity index (χ0v) is 17.6. The second-order valence-electron chi connectivity index (χ2n) is 6.73. The third kappa shape index (κ3) is 5.63. The predicted octanol–water partition coefficient (Wildman–Crippen LogP) is 3.31. The number of carbonyl (C=O) groups excluding carboxylic acids is 2. The molecule has 0 aliphatic rings. The van der Waals surface area contributed by atoms with Crippen molar-refractivity contribution in [2.45, 2.75) is 31.1 Å². The highest BCUT2D eigenvalue weighted by atomic mass is 32.2. The number of benzene rings is 2. The van der Waals surface area contributed by atoms with Crippen molar-refractivity contribution < 1.29 is 27.7 Å². The van der Waals surface area contributed by atoms with Crippen molar-refractivity contribution in [3.8, 4) is 0 Å². The van der Waals surface area contributed by atoms with E-state index in [1.807, 2.05) is 26.0 Å². The van der Waals surface area contributed by atoms with Gasteiger partial charge in [0.25, 0.3) is 11.6 Å². The molecule has 0 aromatic heterocycles. The smallest absolute Gasteiger partial charge is 0.338 e. The molecular weight excluding hydrogens is 412 g/mol. The van der Waals surface area contributed by atoms with E-state index < -0.39 is 43.8 Å². The second-order valence-corrected chi connectivity index (χ2v) is 8.72. The van der Waals surface area contributed by atoms with Crippen LogP contribution in [0.15, 0.2) is 47.4 Å². The summed E-state index contributed by atoms with van der Waals surface area (Å²) in [6.07, 6.45) is 1.71. The first-order chi connectivity index (χ1) is 14.0. The van der Waals surface area contributed by atoms with E-state index in [4.69, 9.17) is 4.74 Å². The van der Waals surface area contributed by atoms with Gasteiger partial charge in [-0.2, -0.15) is 0 Å². The summed E-state index contributed by atoms with van der Waals surface area (Å²) in [4.78, 5) is 34.1. The van der Waals surface area contributed by atoms with Gasteiger partial charge in [0.2, 0.25) is 0 Å². The number of hydrogen-bond acceptors (Lipinski definition) is 7. The molecule has 0 bridgehead atoms. The molecule has 30 heavy (non-hydrogen) atoms. The number of rotatable bonds is 8. The molecule has 0 heterocycles. The van der Waals surface area contributed by atoms with Crippen molar-refractivity contribution in [3.63, 3.8) is 0 Å². The number of nitrogens with one attached hydrogen (secondary N) is 1. The second kappa shape index (κ2) is 9.49. The number of esters is 1. The molecule has 1 atom stereocenters. The monoisotopic (exact) mass is 434 g/mol. The molecule has 0 aliphatic heterocycles. The number of ether oxygens (including phenoxy) is 1. The fourth-order valence-corrected chi connectivity index (χ4v) is 3.59. The Bertz CT molecular complexity index is 1080. The summed E-state index contributed by atoms with van der Waals surface area (Å²) < 4.78 is 28.2. The van der Waals surface area contributed by atoms with Crippen LogP contribution >= 0.6 is 0 Å². The summed E-state index contributed by atoms with van der Waals surface area (Å²) in [5, 5.41) is 13.8. The van der Waals surface area contributed by atoms with Crippen molar-refractivity contribution in [2.75, 3.05) is 18.2 Å². The fraction of sp³-hybridized carbons (Fsp3) is 0.300. The molecule has 2 rings (SSSR count). The van der Waals surface area contributed by atoms with Gasteiger partial charge in [-0.3, -0.25) is 14.9 Å². The number of para-hydroxylation sites is 1. The Labute approximate surface area is 174 Å². The molecule has 160 valence electrons. The molecule has 0 radical (unpaired) electrons. The molecular formula is C20H22N2O7S. The molecule has 10 heteroatoms. The molecule has 1 amide bonds. The van der Waals surface area contributed by atoms with E-state index in [1.54, 1.807) is 12.1 Å². The Hall–Kier alpha value is -3.27. The average molecular weight is 434 g/mol. The van der Waals surface area contributed by atoms with Crippen LogP contribution < -0.4 is 5.32 Å². The van der Waals surface area contributed by atoms with Crippen LogP contribution in [0.25, 0.3) is 0 Å². The maximum absolute atomic E-state index is 12.2. The van der Waals surface area contributed by atoms with Gasteiger partial charge in [-0.05, 0) is 36.1 Å². The summed E-state index contributed by atoms with van der Waals surface area (Å²) in [7, 11) is -3.85. The molecule has 0 fully saturated rings. The van der Waals surface area contributed by atoms with E-state index in [-0.39, 0.29) is 11.5 Å². The minimum Gasteiger partial charge on any atom is -0.452 e. The number of nitrogens with zero attached hydrogens (tertiary/aromatic N) is 1. The molecule has 0 unspecified atom stereocenters. The van der Waals surface area contributed by atoms with E-state index >= 15 is 0 Å². The summed E-state index contributed by atoms with van der Waals surface area (Å²) in [6.45, 7) is 3.45. The van der Waals surface area contributed by atoms with Gasteiger partial charge in [0.15, 0.2) is 16.4 Å². The Morgan fingerprint density at radius 3 is 2.47 bits per heavy atom. The van der Waals surface area contributed by atoms with E-state index in [0.717, 1.165) is 36.4 Å². The molecule has 9 nitrogen and oxygen atoms in total. The first-order valence-electron chi connectivity index (χ1n) is 9.09. The molecule has 2 aromatic carbocycles. The zero-order valence-electron chi connectivity index (χ0n) is 16.7. The quantitative estimate of drug-likeness (QED) is 0.383. The van der Waals surface area contributed by atoms with Crippen LogP contribution in [-0.2, 0) is 19.4 Å². The number of hydrogen-bond donors (Lipinski definition) is 1. The number of nitro benzene ring substituents is 1. The largest absolute Gasteiger partial charge is 0.452 e. The van der Waals surface area contributed by atoms with Gasteiger partial charge in [0, 0.05) is 18.0 Å². The van der Waals surface area contributed by atoms with Crippen LogP contribution in [0.1, 0.15) is 42.1 Å². The van der Waals surface area contributed by atoms with Crippen LogP contribution in [0.3, 0.4) is 0 Å². The minimum absolute atomic E-state index is 0.220. The van der Waals surface area contributed by atoms with Gasteiger partial charge in [-0.1, -0.05) is 32.0 Å². The summed E-state index contributed by atoms with van der Waals surface area (Å²) in [5.41, 5.74) is 0.591. The van der Waals surface area contributed by atoms with E-state index in [2.05, 4.69) is 5.32 Å². The van der Waals surface area contributed by atoms with Crippen LogP contribution in [0.5, 0.6) is 0 Å². The van der Waals surface area contributed by atoms with Crippen molar-refractivity contribution in [3.05, 3.63) is 63.7 Å². The third-order valence-corrected chi connectivity index (χ3v) is 5.65. The Kier molecular flexibility index (Phi) is 7.28. The normalized spacial score (nSPS) is 12.1. The van der Waals surface area contributed by atoms with E-state index in [0.29, 0.717) is 5.69 Å². The van der Waals surface area contributed by atoms with Crippen molar-refractivity contribution in [2.24, 2.45) is 0 Å². The van der Waals surface area contributed by atoms with Crippen LogP contribution in [0.2, 0.25) is 0 Å². The SMILES string of the molecule is CC[C@H](C)c1ccccc1NC(=O)COC(=O)c1ccc(S(C)(=O)=O)c([N+](=O)[O-])c1. The number of sulfone groups is 1. The van der Waals surface area contributed by atoms with Gasteiger partial charge >= 0.3 is 5.97 Å². The topological polar surface area (TPSA) is 133 Å². The predicted molar refractivity (Wildman–Crippen MR) is 110 cm³/mol. The lowest BCUT2D eigenvalue weighted by molar-refractivity contribution is -0.387. The highest BCUT2D eigenvalue weighted by molar-refractivity contribution is 7.90. The minimum atomic E-state index is -3.85. The van der Waals surface area contributed by atoms with Crippen LogP contribution in [-0.4, -0.2) is 38.1 Å². The first kappa shape index (κ1) is 23.0. The standard InChI is InChI=1S/C20H22N2O7S/c1-4-13(2)15-7-5-6-8-16(15)21-19(23)12-29-20(24)14-9-10-18(30(3,27)28)17(11-14)22(25)26/h5-11,13H,4,12H2,1-3H3,(H,21,23)/t13-/m0/s1. The van der Waals surface area contributed by atoms with Gasteiger partial charge in [0.05, 0.1) is 10.5 Å². The van der Waals surface area contributed by atoms with E-state index in [9.17, 15) is 28.1 Å². The zero-order chi connectivity index (χ0) is 22.5. The van der Waals surface area contributed by atoms with Gasteiger partial charge < -0.3 is 10.1 Å². The maximum Gasteiger partial charge on any atom is 0.338 e. The van der Waals surface area contributed by atoms with Crippen molar-refractivity contribution >= 4 is 33.1 Å². The lowest BCUT2D eigenvalue weighted by atomic mass is 9.97.